The fourth-order valence-electron chi connectivity index (χ4n) is 1.57. The van der Waals surface area contributed by atoms with E-state index in [0.29, 0.717) is 6.07 Å². The predicted octanol–water partition coefficient (Wildman–Crippen LogP) is 2.21. The minimum absolute atomic E-state index is 0.0289. The Hall–Kier alpha value is -1.06. The number of carbonyl (C=O) groups is 1. The Morgan fingerprint density at radius 3 is 2.45 bits per heavy atom. The van der Waals surface area contributed by atoms with Crippen LogP contribution >= 0.6 is 15.9 Å². The van der Waals surface area contributed by atoms with E-state index in [9.17, 15) is 22.0 Å². The fraction of sp³-hybridized carbons (Fsp3) is 0.364. The number of benzene rings is 1. The number of hydrogen-bond donors (Lipinski definition) is 1. The lowest BCUT2D eigenvalue weighted by molar-refractivity contribution is -0.137. The normalized spacial score (nSPS) is 11.8. The molecule has 112 valence electrons. The Balaban J connectivity index is 3.24. The Morgan fingerprint density at radius 1 is 1.40 bits per heavy atom. The maximum Gasteiger partial charge on any atom is 0.304 e. The summed E-state index contributed by atoms with van der Waals surface area (Å²) in [5.41, 5.74) is 0. The van der Waals surface area contributed by atoms with Crippen LogP contribution in [0.15, 0.2) is 21.5 Å². The molecule has 0 saturated carbocycles. The second-order valence-corrected chi connectivity index (χ2v) is 6.57. The topological polar surface area (TPSA) is 74.7 Å². The van der Waals surface area contributed by atoms with E-state index < -0.39 is 38.9 Å². The number of hydrogen-bond acceptors (Lipinski definition) is 3. The first-order valence-corrected chi connectivity index (χ1v) is 7.80. The van der Waals surface area contributed by atoms with E-state index in [1.807, 2.05) is 0 Å². The summed E-state index contributed by atoms with van der Waals surface area (Å²) in [6.07, 6.45) is -0.409. The number of nitrogens with zero attached hydrogens (tertiary/aromatic N) is 1. The summed E-state index contributed by atoms with van der Waals surface area (Å²) in [7, 11) is -4.24. The third-order valence-corrected chi connectivity index (χ3v) is 5.43. The lowest BCUT2D eigenvalue weighted by Gasteiger charge is -2.20. The number of aliphatic carboxylic acids is 1. The van der Waals surface area contributed by atoms with Gasteiger partial charge in [0.25, 0.3) is 0 Å². The summed E-state index contributed by atoms with van der Waals surface area (Å²) < 4.78 is 51.8. The Bertz CT molecular complexity index is 598. The molecule has 1 N–H and O–H groups in total. The van der Waals surface area contributed by atoms with Crippen LogP contribution in [0.1, 0.15) is 13.3 Å². The van der Waals surface area contributed by atoms with Gasteiger partial charge in [0.2, 0.25) is 10.0 Å². The van der Waals surface area contributed by atoms with Crippen molar-refractivity contribution < 1.29 is 27.1 Å². The number of carboxylic acid groups (broad SMARTS) is 1. The number of rotatable bonds is 6. The zero-order chi connectivity index (χ0) is 15.5. The molecule has 0 aromatic heterocycles. The average molecular weight is 372 g/mol. The third kappa shape index (κ3) is 3.74. The SMILES string of the molecule is CCN(CCC(=O)O)S(=O)(=O)c1c(F)cc(F)cc1Br. The van der Waals surface area contributed by atoms with Crippen LogP contribution in [0.25, 0.3) is 0 Å². The maximum atomic E-state index is 13.7. The molecule has 0 radical (unpaired) electrons. The van der Waals surface area contributed by atoms with Gasteiger partial charge in [-0.05, 0) is 22.0 Å². The standard InChI is InChI=1S/C11H12BrF2NO4S/c1-2-15(4-3-10(16)17)20(18,19)11-8(12)5-7(13)6-9(11)14/h5-6H,2-4H2,1H3,(H,16,17). The molecule has 5 nitrogen and oxygen atoms in total. The van der Waals surface area contributed by atoms with Crippen LogP contribution in [-0.4, -0.2) is 36.9 Å². The van der Waals surface area contributed by atoms with Crippen LogP contribution in [-0.2, 0) is 14.8 Å². The summed E-state index contributed by atoms with van der Waals surface area (Å²) >= 11 is 2.81. The maximum absolute atomic E-state index is 13.7. The molecule has 1 aromatic carbocycles. The van der Waals surface area contributed by atoms with E-state index in [-0.39, 0.29) is 17.6 Å². The van der Waals surface area contributed by atoms with Crippen molar-refractivity contribution in [1.82, 2.24) is 4.31 Å². The molecule has 20 heavy (non-hydrogen) atoms. The molecule has 0 bridgehead atoms. The average Bonchev–Trinajstić information content (AvgIpc) is 2.26. The summed E-state index contributed by atoms with van der Waals surface area (Å²) in [5.74, 6) is -3.31. The summed E-state index contributed by atoms with van der Waals surface area (Å²) in [6.45, 7) is 1.17. The highest BCUT2D eigenvalue weighted by Crippen LogP contribution is 2.28. The lowest BCUT2D eigenvalue weighted by atomic mass is 10.3. The highest BCUT2D eigenvalue weighted by molar-refractivity contribution is 9.10. The summed E-state index contributed by atoms with van der Waals surface area (Å²) in [4.78, 5) is 9.80. The van der Waals surface area contributed by atoms with Crippen molar-refractivity contribution in [2.24, 2.45) is 0 Å². The van der Waals surface area contributed by atoms with Crippen molar-refractivity contribution >= 4 is 31.9 Å². The van der Waals surface area contributed by atoms with E-state index in [4.69, 9.17) is 5.11 Å². The molecule has 0 unspecified atom stereocenters. The first-order chi connectivity index (χ1) is 9.20. The molecule has 0 atom stereocenters. The van der Waals surface area contributed by atoms with E-state index in [2.05, 4.69) is 15.9 Å². The lowest BCUT2D eigenvalue weighted by Crippen LogP contribution is -2.33. The van der Waals surface area contributed by atoms with Crippen molar-refractivity contribution in [3.05, 3.63) is 28.2 Å². The minimum Gasteiger partial charge on any atom is -0.481 e. The van der Waals surface area contributed by atoms with Crippen LogP contribution in [0.5, 0.6) is 0 Å². The smallest absolute Gasteiger partial charge is 0.304 e. The van der Waals surface area contributed by atoms with E-state index in [0.717, 1.165) is 10.4 Å². The largest absolute Gasteiger partial charge is 0.481 e. The molecule has 0 spiro atoms. The minimum atomic E-state index is -4.24. The molecular formula is C11H12BrF2NO4S. The Morgan fingerprint density at radius 2 is 2.00 bits per heavy atom. The first kappa shape index (κ1) is 17.0. The number of sulfonamides is 1. The molecule has 1 rings (SSSR count). The molecule has 0 aliphatic carbocycles. The van der Waals surface area contributed by atoms with E-state index in [1.165, 1.54) is 6.92 Å². The van der Waals surface area contributed by atoms with Crippen LogP contribution in [0.3, 0.4) is 0 Å². The van der Waals surface area contributed by atoms with Crippen LogP contribution in [0.2, 0.25) is 0 Å². The first-order valence-electron chi connectivity index (χ1n) is 5.56. The molecule has 0 fully saturated rings. The predicted molar refractivity (Wildman–Crippen MR) is 70.7 cm³/mol. The van der Waals surface area contributed by atoms with Crippen LogP contribution < -0.4 is 0 Å². The molecule has 0 amide bonds. The van der Waals surface area contributed by atoms with Crippen LogP contribution in [0, 0.1) is 11.6 Å². The summed E-state index contributed by atoms with van der Waals surface area (Å²) in [5, 5.41) is 8.59. The van der Waals surface area contributed by atoms with Crippen molar-refractivity contribution in [2.45, 2.75) is 18.2 Å². The number of carboxylic acids is 1. The quantitative estimate of drug-likeness (QED) is 0.831. The molecule has 0 aliphatic rings. The van der Waals surface area contributed by atoms with Crippen molar-refractivity contribution in [2.75, 3.05) is 13.1 Å². The molecule has 0 aliphatic heterocycles. The zero-order valence-corrected chi connectivity index (χ0v) is 12.8. The van der Waals surface area contributed by atoms with Gasteiger partial charge in [-0.3, -0.25) is 4.79 Å². The van der Waals surface area contributed by atoms with Gasteiger partial charge < -0.3 is 5.11 Å². The van der Waals surface area contributed by atoms with E-state index in [1.54, 1.807) is 0 Å². The van der Waals surface area contributed by atoms with Crippen LogP contribution in [0.4, 0.5) is 8.78 Å². The van der Waals surface area contributed by atoms with Crippen molar-refractivity contribution in [3.8, 4) is 0 Å². The van der Waals surface area contributed by atoms with Gasteiger partial charge in [0, 0.05) is 23.6 Å². The monoisotopic (exact) mass is 371 g/mol. The Labute approximate surface area is 123 Å². The van der Waals surface area contributed by atoms with Gasteiger partial charge in [0.1, 0.15) is 16.5 Å². The van der Waals surface area contributed by atoms with Gasteiger partial charge in [-0.2, -0.15) is 4.31 Å². The second-order valence-electron chi connectivity index (χ2n) is 3.84. The van der Waals surface area contributed by atoms with Gasteiger partial charge in [0.05, 0.1) is 6.42 Å². The van der Waals surface area contributed by atoms with E-state index >= 15 is 0 Å². The highest BCUT2D eigenvalue weighted by atomic mass is 79.9. The Kier molecular flexibility index (Phi) is 5.60. The number of halogens is 3. The second kappa shape index (κ2) is 6.59. The van der Waals surface area contributed by atoms with Gasteiger partial charge in [-0.1, -0.05) is 6.92 Å². The molecule has 0 heterocycles. The highest BCUT2D eigenvalue weighted by Gasteiger charge is 2.29. The van der Waals surface area contributed by atoms with Crippen molar-refractivity contribution in [1.29, 1.82) is 0 Å². The third-order valence-electron chi connectivity index (χ3n) is 2.49. The molecular weight excluding hydrogens is 360 g/mol. The fourth-order valence-corrected chi connectivity index (χ4v) is 4.14. The molecule has 1 aromatic rings. The van der Waals surface area contributed by atoms with Gasteiger partial charge >= 0.3 is 5.97 Å². The van der Waals surface area contributed by atoms with Gasteiger partial charge in [0.15, 0.2) is 0 Å². The summed E-state index contributed by atoms with van der Waals surface area (Å²) in [6, 6.07) is 1.30. The van der Waals surface area contributed by atoms with Crippen molar-refractivity contribution in [3.63, 3.8) is 0 Å². The molecule has 0 saturated heterocycles. The van der Waals surface area contributed by atoms with Gasteiger partial charge in [-0.25, -0.2) is 17.2 Å². The molecule has 9 heteroatoms. The van der Waals surface area contributed by atoms with Gasteiger partial charge in [-0.15, -0.1) is 0 Å². The zero-order valence-electron chi connectivity index (χ0n) is 10.4.